The van der Waals surface area contributed by atoms with Crippen LogP contribution in [0.1, 0.15) is 54.4 Å². The van der Waals surface area contributed by atoms with E-state index in [-0.39, 0.29) is 0 Å². The lowest BCUT2D eigenvalue weighted by molar-refractivity contribution is 0.205. The summed E-state index contributed by atoms with van der Waals surface area (Å²) in [5.41, 5.74) is 0.832. The van der Waals surface area contributed by atoms with Gasteiger partial charge >= 0.3 is 0 Å². The van der Waals surface area contributed by atoms with E-state index in [1.54, 1.807) is 0 Å². The highest BCUT2D eigenvalue weighted by atomic mass is 15.1. The fraction of sp³-hybridized carbons (Fsp3) is 1.00. The van der Waals surface area contributed by atoms with Crippen molar-refractivity contribution in [3.63, 3.8) is 0 Å². The third-order valence-corrected chi connectivity index (χ3v) is 4.62. The van der Waals surface area contributed by atoms with Crippen LogP contribution in [0.3, 0.4) is 0 Å². The van der Waals surface area contributed by atoms with Crippen molar-refractivity contribution >= 4 is 0 Å². The fourth-order valence-electron chi connectivity index (χ4n) is 3.06. The number of nitrogens with one attached hydrogen (secondary N) is 1. The molecule has 2 unspecified atom stereocenters. The molecule has 0 bridgehead atoms. The lowest BCUT2D eigenvalue weighted by atomic mass is 9.80. The maximum absolute atomic E-state index is 3.48. The number of rotatable bonds is 4. The van der Waals surface area contributed by atoms with Gasteiger partial charge in [0.2, 0.25) is 0 Å². The molecule has 0 saturated carbocycles. The van der Waals surface area contributed by atoms with Crippen molar-refractivity contribution in [2.24, 2.45) is 16.7 Å². The maximum Gasteiger partial charge on any atom is 0.0125 e. The van der Waals surface area contributed by atoms with Crippen LogP contribution in [0.2, 0.25) is 0 Å². The zero-order valence-electron chi connectivity index (χ0n) is 13.6. The van der Waals surface area contributed by atoms with Crippen LogP contribution in [0.15, 0.2) is 0 Å². The molecule has 1 saturated heterocycles. The molecular formula is C16H34N2. The van der Waals surface area contributed by atoms with Gasteiger partial charge in [-0.1, -0.05) is 41.5 Å². The van der Waals surface area contributed by atoms with Gasteiger partial charge < -0.3 is 10.2 Å². The molecule has 0 aliphatic carbocycles. The van der Waals surface area contributed by atoms with Crippen molar-refractivity contribution in [3.8, 4) is 0 Å². The number of hydrogen-bond donors (Lipinski definition) is 1. The molecule has 1 N–H and O–H groups in total. The zero-order valence-corrected chi connectivity index (χ0v) is 13.6. The summed E-state index contributed by atoms with van der Waals surface area (Å²) in [6.07, 6.45) is 2.64. The Labute approximate surface area is 115 Å². The minimum Gasteiger partial charge on any atom is -0.316 e. The third kappa shape index (κ3) is 4.55. The van der Waals surface area contributed by atoms with Gasteiger partial charge in [0.1, 0.15) is 0 Å². The van der Waals surface area contributed by atoms with Gasteiger partial charge in [0.05, 0.1) is 0 Å². The number of hydrogen-bond acceptors (Lipinski definition) is 2. The van der Waals surface area contributed by atoms with Crippen molar-refractivity contribution in [1.29, 1.82) is 0 Å². The highest BCUT2D eigenvalue weighted by Gasteiger charge is 2.32. The molecule has 1 heterocycles. The van der Waals surface area contributed by atoms with Gasteiger partial charge in [0.25, 0.3) is 0 Å². The molecule has 0 aromatic heterocycles. The van der Waals surface area contributed by atoms with Crippen LogP contribution in [0.25, 0.3) is 0 Å². The number of nitrogens with zero attached hydrogens (tertiary/aromatic N) is 1. The van der Waals surface area contributed by atoms with Gasteiger partial charge in [0.15, 0.2) is 0 Å². The molecule has 1 aliphatic rings. The first-order valence-corrected chi connectivity index (χ1v) is 7.54. The van der Waals surface area contributed by atoms with E-state index < -0.39 is 0 Å². The molecule has 2 nitrogen and oxygen atoms in total. The molecule has 0 spiro atoms. The summed E-state index contributed by atoms with van der Waals surface area (Å²) < 4.78 is 0. The van der Waals surface area contributed by atoms with E-state index in [1.165, 1.54) is 32.5 Å². The Hall–Kier alpha value is -0.0800. The third-order valence-electron chi connectivity index (χ3n) is 4.62. The molecule has 0 radical (unpaired) electrons. The van der Waals surface area contributed by atoms with Crippen molar-refractivity contribution in [2.75, 3.05) is 26.7 Å². The first-order valence-electron chi connectivity index (χ1n) is 7.54. The van der Waals surface area contributed by atoms with E-state index in [9.17, 15) is 0 Å². The van der Waals surface area contributed by atoms with E-state index in [4.69, 9.17) is 0 Å². The van der Waals surface area contributed by atoms with E-state index in [0.29, 0.717) is 16.9 Å². The van der Waals surface area contributed by atoms with Gasteiger partial charge in [-0.3, -0.25) is 0 Å². The summed E-state index contributed by atoms with van der Waals surface area (Å²) in [4.78, 5) is 2.66. The summed E-state index contributed by atoms with van der Waals surface area (Å²) in [7, 11) is 2.10. The van der Waals surface area contributed by atoms with Gasteiger partial charge in [0, 0.05) is 12.6 Å². The SMILES string of the molecule is CNC(CCN1CCC(C(C)(C)C)C1)C(C)(C)C. The fourth-order valence-corrected chi connectivity index (χ4v) is 3.06. The average molecular weight is 254 g/mol. The largest absolute Gasteiger partial charge is 0.316 e. The Morgan fingerprint density at radius 1 is 1.17 bits per heavy atom. The lowest BCUT2D eigenvalue weighted by Gasteiger charge is -2.32. The highest BCUT2D eigenvalue weighted by molar-refractivity contribution is 4.86. The Balaban J connectivity index is 2.38. The van der Waals surface area contributed by atoms with E-state index in [1.807, 2.05) is 0 Å². The average Bonchev–Trinajstić information content (AvgIpc) is 2.64. The summed E-state index contributed by atoms with van der Waals surface area (Å²) in [5, 5.41) is 3.48. The lowest BCUT2D eigenvalue weighted by Crippen LogP contribution is -2.40. The Kier molecular flexibility index (Phi) is 5.25. The predicted octanol–water partition coefficient (Wildman–Crippen LogP) is 3.38. The van der Waals surface area contributed by atoms with Crippen LogP contribution in [-0.4, -0.2) is 37.6 Å². The first kappa shape index (κ1) is 16.0. The van der Waals surface area contributed by atoms with Gasteiger partial charge in [-0.25, -0.2) is 0 Å². The quantitative estimate of drug-likeness (QED) is 0.827. The zero-order chi connectivity index (χ0) is 14.0. The Morgan fingerprint density at radius 3 is 2.17 bits per heavy atom. The van der Waals surface area contributed by atoms with Crippen LogP contribution >= 0.6 is 0 Å². The van der Waals surface area contributed by atoms with Crippen LogP contribution in [-0.2, 0) is 0 Å². The van der Waals surface area contributed by atoms with Crippen molar-refractivity contribution in [3.05, 3.63) is 0 Å². The van der Waals surface area contributed by atoms with Crippen LogP contribution in [0.5, 0.6) is 0 Å². The summed E-state index contributed by atoms with van der Waals surface area (Å²) in [5.74, 6) is 0.875. The molecular weight excluding hydrogens is 220 g/mol. The van der Waals surface area contributed by atoms with Gasteiger partial charge in [-0.15, -0.1) is 0 Å². The van der Waals surface area contributed by atoms with E-state index >= 15 is 0 Å². The normalized spacial score (nSPS) is 24.5. The second kappa shape index (κ2) is 5.92. The van der Waals surface area contributed by atoms with Gasteiger partial charge in [-0.2, -0.15) is 0 Å². The molecule has 0 aromatic carbocycles. The predicted molar refractivity (Wildman–Crippen MR) is 80.9 cm³/mol. The summed E-state index contributed by atoms with van der Waals surface area (Å²) in [6, 6.07) is 0.617. The Morgan fingerprint density at radius 2 is 1.78 bits per heavy atom. The van der Waals surface area contributed by atoms with E-state index in [0.717, 1.165) is 5.92 Å². The van der Waals surface area contributed by atoms with Gasteiger partial charge in [-0.05, 0) is 49.7 Å². The molecule has 0 aromatic rings. The molecule has 18 heavy (non-hydrogen) atoms. The minimum atomic E-state index is 0.359. The van der Waals surface area contributed by atoms with Crippen LogP contribution < -0.4 is 5.32 Å². The van der Waals surface area contributed by atoms with Crippen molar-refractivity contribution in [2.45, 2.75) is 60.4 Å². The molecule has 2 atom stereocenters. The van der Waals surface area contributed by atoms with Crippen molar-refractivity contribution < 1.29 is 0 Å². The summed E-state index contributed by atoms with van der Waals surface area (Å²) >= 11 is 0. The minimum absolute atomic E-state index is 0.359. The number of likely N-dealkylation sites (tertiary alicyclic amines) is 1. The van der Waals surface area contributed by atoms with Crippen LogP contribution in [0.4, 0.5) is 0 Å². The summed E-state index contributed by atoms with van der Waals surface area (Å²) in [6.45, 7) is 18.0. The Bertz CT molecular complexity index is 247. The molecule has 0 amide bonds. The standard InChI is InChI=1S/C16H34N2/c1-15(2,3)13-8-10-18(12-13)11-9-14(17-7)16(4,5)6/h13-14,17H,8-12H2,1-7H3. The second-order valence-corrected chi connectivity index (χ2v) is 8.15. The monoisotopic (exact) mass is 254 g/mol. The van der Waals surface area contributed by atoms with E-state index in [2.05, 4.69) is 58.8 Å². The highest BCUT2D eigenvalue weighted by Crippen LogP contribution is 2.33. The van der Waals surface area contributed by atoms with Crippen LogP contribution in [0, 0.1) is 16.7 Å². The molecule has 108 valence electrons. The molecule has 2 heteroatoms. The molecule has 1 fully saturated rings. The first-order chi connectivity index (χ1) is 8.14. The van der Waals surface area contributed by atoms with Crippen molar-refractivity contribution in [1.82, 2.24) is 10.2 Å². The molecule has 1 aliphatic heterocycles. The molecule has 1 rings (SSSR count). The second-order valence-electron chi connectivity index (χ2n) is 8.15. The topological polar surface area (TPSA) is 15.3 Å². The smallest absolute Gasteiger partial charge is 0.0125 e. The maximum atomic E-state index is 3.48.